The van der Waals surface area contributed by atoms with Crippen LogP contribution in [0.15, 0.2) is 17.5 Å². The molecular formula is C17H24N2O2S. The van der Waals surface area contributed by atoms with Crippen LogP contribution in [0.4, 0.5) is 0 Å². The fourth-order valence-corrected chi connectivity index (χ4v) is 5.43. The van der Waals surface area contributed by atoms with E-state index in [0.717, 1.165) is 62.0 Å². The molecule has 120 valence electrons. The highest BCUT2D eigenvalue weighted by molar-refractivity contribution is 7.10. The van der Waals surface area contributed by atoms with Crippen molar-refractivity contribution in [3.8, 4) is 0 Å². The molecule has 5 heteroatoms. The fourth-order valence-electron chi connectivity index (χ4n) is 4.53. The molecule has 3 atom stereocenters. The van der Waals surface area contributed by atoms with Crippen LogP contribution in [0.3, 0.4) is 0 Å². The minimum atomic E-state index is -1.33. The molecule has 1 saturated heterocycles. The molecule has 1 amide bonds. The van der Waals surface area contributed by atoms with Gasteiger partial charge in [0.2, 0.25) is 0 Å². The molecule has 0 spiro atoms. The Balaban J connectivity index is 1.46. The first-order chi connectivity index (χ1) is 10.7. The first kappa shape index (κ1) is 14.7. The number of fused-ring (bicyclic) bond motifs is 1. The summed E-state index contributed by atoms with van der Waals surface area (Å²) in [5.74, 6) is 1.97. The van der Waals surface area contributed by atoms with Crippen LogP contribution in [-0.2, 0) is 10.4 Å². The van der Waals surface area contributed by atoms with Gasteiger partial charge in [0.25, 0.3) is 5.91 Å². The highest BCUT2D eigenvalue weighted by Gasteiger charge is 2.53. The summed E-state index contributed by atoms with van der Waals surface area (Å²) in [6.45, 7) is 2.89. The number of thiophene rings is 1. The lowest BCUT2D eigenvalue weighted by Gasteiger charge is -2.32. The van der Waals surface area contributed by atoms with Crippen molar-refractivity contribution in [2.75, 3.05) is 19.6 Å². The lowest BCUT2D eigenvalue weighted by molar-refractivity contribution is -0.147. The number of carbonyl (C=O) groups is 1. The molecule has 0 aromatic carbocycles. The van der Waals surface area contributed by atoms with Gasteiger partial charge in [0.1, 0.15) is 0 Å². The van der Waals surface area contributed by atoms with E-state index in [2.05, 4.69) is 10.6 Å². The number of nitrogens with one attached hydrogen (secondary N) is 2. The summed E-state index contributed by atoms with van der Waals surface area (Å²) in [5.41, 5.74) is -1.33. The Morgan fingerprint density at radius 3 is 2.73 bits per heavy atom. The Morgan fingerprint density at radius 2 is 2.09 bits per heavy atom. The second kappa shape index (κ2) is 5.62. The first-order valence-electron chi connectivity index (χ1n) is 8.46. The number of aliphatic hydroxyl groups is 1. The average molecular weight is 320 g/mol. The molecular weight excluding hydrogens is 296 g/mol. The number of piperidine rings is 1. The lowest BCUT2D eigenvalue weighted by Crippen LogP contribution is -2.49. The first-order valence-corrected chi connectivity index (χ1v) is 9.34. The van der Waals surface area contributed by atoms with Crippen molar-refractivity contribution in [3.63, 3.8) is 0 Å². The van der Waals surface area contributed by atoms with Gasteiger partial charge < -0.3 is 15.7 Å². The molecule has 3 fully saturated rings. The molecule has 4 nitrogen and oxygen atoms in total. The second-order valence-corrected chi connectivity index (χ2v) is 8.03. The van der Waals surface area contributed by atoms with E-state index < -0.39 is 5.60 Å². The Hall–Kier alpha value is -0.910. The van der Waals surface area contributed by atoms with Crippen LogP contribution in [0.2, 0.25) is 0 Å². The largest absolute Gasteiger partial charge is 0.374 e. The van der Waals surface area contributed by atoms with E-state index in [-0.39, 0.29) is 11.8 Å². The summed E-state index contributed by atoms with van der Waals surface area (Å²) in [4.78, 5) is 13.6. The monoisotopic (exact) mass is 320 g/mol. The quantitative estimate of drug-likeness (QED) is 0.774. The van der Waals surface area contributed by atoms with Crippen molar-refractivity contribution in [3.05, 3.63) is 22.4 Å². The zero-order chi connectivity index (χ0) is 15.2. The Labute approximate surface area is 135 Å². The third-order valence-electron chi connectivity index (χ3n) is 5.96. The highest BCUT2D eigenvalue weighted by Crippen LogP contribution is 2.48. The second-order valence-electron chi connectivity index (χ2n) is 7.08. The zero-order valence-corrected chi connectivity index (χ0v) is 13.6. The Morgan fingerprint density at radius 1 is 1.36 bits per heavy atom. The normalized spacial score (nSPS) is 33.4. The third kappa shape index (κ3) is 2.30. The number of hydrogen-bond acceptors (Lipinski definition) is 4. The minimum absolute atomic E-state index is 0.0616. The smallest absolute Gasteiger partial charge is 0.257 e. The molecule has 0 radical (unpaired) electrons. The predicted molar refractivity (Wildman–Crippen MR) is 86.5 cm³/mol. The van der Waals surface area contributed by atoms with E-state index in [4.69, 9.17) is 0 Å². The van der Waals surface area contributed by atoms with Gasteiger partial charge in [0.15, 0.2) is 5.60 Å². The molecule has 3 aliphatic rings. The van der Waals surface area contributed by atoms with Gasteiger partial charge in [-0.25, -0.2) is 0 Å². The molecule has 2 aliphatic carbocycles. The Kier molecular flexibility index (Phi) is 3.75. The van der Waals surface area contributed by atoms with Crippen molar-refractivity contribution < 1.29 is 9.90 Å². The molecule has 2 saturated carbocycles. The molecule has 3 unspecified atom stereocenters. The molecule has 22 heavy (non-hydrogen) atoms. The van der Waals surface area contributed by atoms with Crippen LogP contribution in [0.1, 0.15) is 30.6 Å². The number of hydrogen-bond donors (Lipinski definition) is 3. The van der Waals surface area contributed by atoms with E-state index in [1.807, 2.05) is 17.5 Å². The van der Waals surface area contributed by atoms with Crippen LogP contribution < -0.4 is 10.6 Å². The highest BCUT2D eigenvalue weighted by atomic mass is 32.1. The van der Waals surface area contributed by atoms with Crippen molar-refractivity contribution in [1.29, 1.82) is 0 Å². The Bertz CT molecular complexity index is 531. The molecule has 2 heterocycles. The molecule has 0 bridgehead atoms. The van der Waals surface area contributed by atoms with Crippen LogP contribution >= 0.6 is 11.3 Å². The summed E-state index contributed by atoms with van der Waals surface area (Å²) in [5, 5.41) is 19.7. The SMILES string of the molecule is O=C(NCC1C2CNCC21)C(O)(c1cccs1)C1CCCC1. The van der Waals surface area contributed by atoms with Crippen LogP contribution in [0.5, 0.6) is 0 Å². The molecule has 4 rings (SSSR count). The summed E-state index contributed by atoms with van der Waals surface area (Å²) in [6, 6.07) is 3.82. The van der Waals surface area contributed by atoms with Gasteiger partial charge >= 0.3 is 0 Å². The number of amides is 1. The van der Waals surface area contributed by atoms with Gasteiger partial charge in [-0.3, -0.25) is 4.79 Å². The standard InChI is InChI=1S/C17H24N2O2S/c20-16(19-10-14-12-8-18-9-13(12)14)17(21,11-4-1-2-5-11)15-6-3-7-22-15/h3,6-7,11-14,18,21H,1-2,4-5,8-10H2,(H,19,20). The van der Waals surface area contributed by atoms with E-state index in [1.165, 1.54) is 11.3 Å². The maximum absolute atomic E-state index is 12.8. The fraction of sp³-hybridized carbons (Fsp3) is 0.706. The molecule has 3 N–H and O–H groups in total. The molecule has 1 aromatic rings. The third-order valence-corrected chi connectivity index (χ3v) is 6.95. The van der Waals surface area contributed by atoms with E-state index in [0.29, 0.717) is 5.92 Å². The van der Waals surface area contributed by atoms with E-state index in [1.54, 1.807) is 0 Å². The topological polar surface area (TPSA) is 61.4 Å². The van der Waals surface area contributed by atoms with Crippen molar-refractivity contribution >= 4 is 17.2 Å². The predicted octanol–water partition coefficient (Wildman–Crippen LogP) is 1.71. The van der Waals surface area contributed by atoms with Crippen LogP contribution in [0.25, 0.3) is 0 Å². The van der Waals surface area contributed by atoms with Crippen LogP contribution in [-0.4, -0.2) is 30.6 Å². The lowest BCUT2D eigenvalue weighted by atomic mass is 9.83. The van der Waals surface area contributed by atoms with Gasteiger partial charge in [-0.1, -0.05) is 18.9 Å². The maximum atomic E-state index is 12.8. The van der Waals surface area contributed by atoms with Crippen molar-refractivity contribution in [1.82, 2.24) is 10.6 Å². The zero-order valence-electron chi connectivity index (χ0n) is 12.8. The number of rotatable bonds is 5. The van der Waals surface area contributed by atoms with Gasteiger partial charge in [0, 0.05) is 17.3 Å². The minimum Gasteiger partial charge on any atom is -0.374 e. The summed E-state index contributed by atoms with van der Waals surface area (Å²) in [7, 11) is 0. The van der Waals surface area contributed by atoms with Gasteiger partial charge in [-0.15, -0.1) is 11.3 Å². The number of carbonyl (C=O) groups excluding carboxylic acids is 1. The maximum Gasteiger partial charge on any atom is 0.257 e. The van der Waals surface area contributed by atoms with Gasteiger partial charge in [-0.2, -0.15) is 0 Å². The van der Waals surface area contributed by atoms with Gasteiger partial charge in [0.05, 0.1) is 0 Å². The molecule has 1 aliphatic heterocycles. The van der Waals surface area contributed by atoms with E-state index in [9.17, 15) is 9.90 Å². The van der Waals surface area contributed by atoms with Crippen LogP contribution in [0, 0.1) is 23.7 Å². The summed E-state index contributed by atoms with van der Waals surface area (Å²) in [6.07, 6.45) is 4.12. The van der Waals surface area contributed by atoms with E-state index >= 15 is 0 Å². The summed E-state index contributed by atoms with van der Waals surface area (Å²) >= 11 is 1.49. The average Bonchev–Trinajstić information content (AvgIpc) is 3.13. The van der Waals surface area contributed by atoms with Gasteiger partial charge in [-0.05, 0) is 55.1 Å². The van der Waals surface area contributed by atoms with Crippen molar-refractivity contribution in [2.45, 2.75) is 31.3 Å². The molecule has 1 aromatic heterocycles. The van der Waals surface area contributed by atoms with Crippen molar-refractivity contribution in [2.24, 2.45) is 23.7 Å². The summed E-state index contributed by atoms with van der Waals surface area (Å²) < 4.78 is 0.